The molecule has 0 radical (unpaired) electrons. The second-order valence-corrected chi connectivity index (χ2v) is 4.10. The van der Waals surface area contributed by atoms with Crippen LogP contribution in [0.1, 0.15) is 25.5 Å². The van der Waals surface area contributed by atoms with E-state index in [2.05, 4.69) is 5.10 Å². The quantitative estimate of drug-likeness (QED) is 0.753. The van der Waals surface area contributed by atoms with Gasteiger partial charge in [0.1, 0.15) is 0 Å². The van der Waals surface area contributed by atoms with Gasteiger partial charge in [-0.3, -0.25) is 0 Å². The lowest BCUT2D eigenvalue weighted by molar-refractivity contribution is -0.0449. The van der Waals surface area contributed by atoms with E-state index in [-0.39, 0.29) is 6.23 Å². The fourth-order valence-electron chi connectivity index (χ4n) is 1.57. The summed E-state index contributed by atoms with van der Waals surface area (Å²) in [5.41, 5.74) is 0. The van der Waals surface area contributed by atoms with Gasteiger partial charge in [-0.2, -0.15) is 5.10 Å². The van der Waals surface area contributed by atoms with Crippen molar-refractivity contribution in [2.75, 3.05) is 6.61 Å². The van der Waals surface area contributed by atoms with Crippen LogP contribution in [0.4, 0.5) is 0 Å². The van der Waals surface area contributed by atoms with E-state index in [0.717, 1.165) is 19.3 Å². The van der Waals surface area contributed by atoms with Crippen LogP contribution < -0.4 is 0 Å². The van der Waals surface area contributed by atoms with Crippen molar-refractivity contribution in [3.8, 4) is 0 Å². The fraction of sp³-hybridized carbons (Fsp3) is 0.625. The highest BCUT2D eigenvalue weighted by Crippen LogP contribution is 2.23. The topological polar surface area (TPSA) is 64.3 Å². The molecule has 0 spiro atoms. The molecule has 1 N–H and O–H groups in total. The molecular formula is C8H12N2O3S. The molecule has 14 heavy (non-hydrogen) atoms. The van der Waals surface area contributed by atoms with E-state index in [9.17, 15) is 4.21 Å². The lowest BCUT2D eigenvalue weighted by atomic mass is 10.2. The summed E-state index contributed by atoms with van der Waals surface area (Å²) < 4.78 is 26.9. The Morgan fingerprint density at radius 3 is 3.14 bits per heavy atom. The molecular weight excluding hydrogens is 204 g/mol. The SMILES string of the molecule is O=S(O)c1ccnn1C1CCCCO1. The van der Waals surface area contributed by atoms with Gasteiger partial charge in [-0.05, 0) is 25.3 Å². The minimum Gasteiger partial charge on any atom is -0.356 e. The maximum atomic E-state index is 10.9. The highest BCUT2D eigenvalue weighted by Gasteiger charge is 2.20. The molecule has 1 aromatic heterocycles. The maximum Gasteiger partial charge on any atom is 0.205 e. The Bertz CT molecular complexity index is 333. The van der Waals surface area contributed by atoms with E-state index in [1.54, 1.807) is 0 Å². The number of aromatic nitrogens is 2. The zero-order valence-electron chi connectivity index (χ0n) is 7.63. The van der Waals surface area contributed by atoms with E-state index in [1.165, 1.54) is 16.9 Å². The lowest BCUT2D eigenvalue weighted by Gasteiger charge is -2.23. The van der Waals surface area contributed by atoms with Crippen LogP contribution in [0.2, 0.25) is 0 Å². The van der Waals surface area contributed by atoms with Crippen molar-refractivity contribution in [2.45, 2.75) is 30.5 Å². The largest absolute Gasteiger partial charge is 0.356 e. The molecule has 0 saturated carbocycles. The van der Waals surface area contributed by atoms with Crippen molar-refractivity contribution in [1.29, 1.82) is 0 Å². The molecule has 1 aromatic rings. The highest BCUT2D eigenvalue weighted by atomic mass is 32.2. The Labute approximate surface area is 84.3 Å². The van der Waals surface area contributed by atoms with Crippen LogP contribution in [0.25, 0.3) is 0 Å². The molecule has 2 atom stereocenters. The van der Waals surface area contributed by atoms with E-state index >= 15 is 0 Å². The Balaban J connectivity index is 2.21. The van der Waals surface area contributed by atoms with Gasteiger partial charge in [0.15, 0.2) is 11.3 Å². The predicted molar refractivity (Wildman–Crippen MR) is 50.1 cm³/mol. The second-order valence-electron chi connectivity index (χ2n) is 3.18. The van der Waals surface area contributed by atoms with Crippen molar-refractivity contribution < 1.29 is 13.5 Å². The van der Waals surface area contributed by atoms with E-state index in [4.69, 9.17) is 9.29 Å². The summed E-state index contributed by atoms with van der Waals surface area (Å²) in [4.78, 5) is 0. The summed E-state index contributed by atoms with van der Waals surface area (Å²) in [6.07, 6.45) is 4.31. The molecule has 6 heteroatoms. The van der Waals surface area contributed by atoms with Crippen molar-refractivity contribution in [3.05, 3.63) is 12.3 Å². The zero-order chi connectivity index (χ0) is 9.97. The summed E-state index contributed by atoms with van der Waals surface area (Å²) in [5.74, 6) is 0. The first-order valence-electron chi connectivity index (χ1n) is 4.55. The maximum absolute atomic E-state index is 10.9. The molecule has 0 bridgehead atoms. The van der Waals surface area contributed by atoms with Crippen LogP contribution in [0.5, 0.6) is 0 Å². The van der Waals surface area contributed by atoms with Gasteiger partial charge in [0, 0.05) is 6.61 Å². The molecule has 2 unspecified atom stereocenters. The molecule has 5 nitrogen and oxygen atoms in total. The number of rotatable bonds is 2. The monoisotopic (exact) mass is 216 g/mol. The van der Waals surface area contributed by atoms with Gasteiger partial charge in [0.2, 0.25) is 11.1 Å². The van der Waals surface area contributed by atoms with Gasteiger partial charge < -0.3 is 9.29 Å². The van der Waals surface area contributed by atoms with E-state index in [0.29, 0.717) is 11.6 Å². The zero-order valence-corrected chi connectivity index (χ0v) is 8.44. The molecule has 0 aromatic carbocycles. The first-order chi connectivity index (χ1) is 6.79. The van der Waals surface area contributed by atoms with Crippen LogP contribution >= 0.6 is 0 Å². The van der Waals surface area contributed by atoms with Crippen LogP contribution in [-0.4, -0.2) is 25.1 Å². The van der Waals surface area contributed by atoms with Crippen molar-refractivity contribution >= 4 is 11.1 Å². The standard InChI is InChI=1S/C8H12N2O3S/c11-14(12)8-4-5-9-10(8)7-3-1-2-6-13-7/h4-5,7H,1-3,6H2,(H,11,12). The summed E-state index contributed by atoms with van der Waals surface area (Å²) >= 11 is -1.99. The van der Waals surface area contributed by atoms with Gasteiger partial charge in [-0.1, -0.05) is 0 Å². The minimum atomic E-state index is -1.99. The van der Waals surface area contributed by atoms with E-state index in [1.807, 2.05) is 0 Å². The molecule has 78 valence electrons. The average molecular weight is 216 g/mol. The van der Waals surface area contributed by atoms with Crippen molar-refractivity contribution in [3.63, 3.8) is 0 Å². The summed E-state index contributed by atoms with van der Waals surface area (Å²) in [6, 6.07) is 1.54. The van der Waals surface area contributed by atoms with E-state index < -0.39 is 11.1 Å². The first-order valence-corrected chi connectivity index (χ1v) is 5.65. The summed E-state index contributed by atoms with van der Waals surface area (Å²) in [5, 5.41) is 4.30. The number of hydrogen-bond donors (Lipinski definition) is 1. The molecule has 2 heterocycles. The Morgan fingerprint density at radius 1 is 1.64 bits per heavy atom. The normalized spacial score (nSPS) is 24.8. The van der Waals surface area contributed by atoms with Crippen LogP contribution in [0.3, 0.4) is 0 Å². The molecule has 1 aliphatic rings. The fourth-order valence-corrected chi connectivity index (χ4v) is 2.08. The number of hydrogen-bond acceptors (Lipinski definition) is 3. The van der Waals surface area contributed by atoms with Crippen LogP contribution in [-0.2, 0) is 15.8 Å². The molecule has 0 aliphatic carbocycles. The molecule has 1 aliphatic heterocycles. The molecule has 1 fully saturated rings. The Kier molecular flexibility index (Phi) is 2.95. The van der Waals surface area contributed by atoms with Crippen LogP contribution in [0, 0.1) is 0 Å². The predicted octanol–water partition coefficient (Wildman–Crippen LogP) is 1.16. The number of ether oxygens (including phenoxy) is 1. The number of nitrogens with zero attached hydrogens (tertiary/aromatic N) is 2. The van der Waals surface area contributed by atoms with Gasteiger partial charge in [-0.15, -0.1) is 0 Å². The van der Waals surface area contributed by atoms with Crippen molar-refractivity contribution in [2.24, 2.45) is 0 Å². The minimum absolute atomic E-state index is 0.176. The third kappa shape index (κ3) is 1.87. The third-order valence-corrected chi connectivity index (χ3v) is 2.92. The van der Waals surface area contributed by atoms with Gasteiger partial charge in [0.05, 0.1) is 6.20 Å². The van der Waals surface area contributed by atoms with Gasteiger partial charge in [-0.25, -0.2) is 8.89 Å². The second kappa shape index (κ2) is 4.20. The third-order valence-electron chi connectivity index (χ3n) is 2.24. The lowest BCUT2D eigenvalue weighted by Crippen LogP contribution is -2.21. The molecule has 1 saturated heterocycles. The highest BCUT2D eigenvalue weighted by molar-refractivity contribution is 7.79. The molecule has 0 amide bonds. The summed E-state index contributed by atoms with van der Waals surface area (Å²) in [6.45, 7) is 0.696. The van der Waals surface area contributed by atoms with Gasteiger partial charge >= 0.3 is 0 Å². The Morgan fingerprint density at radius 2 is 2.50 bits per heavy atom. The van der Waals surface area contributed by atoms with Crippen LogP contribution in [0.15, 0.2) is 17.3 Å². The smallest absolute Gasteiger partial charge is 0.205 e. The first kappa shape index (κ1) is 9.82. The van der Waals surface area contributed by atoms with Gasteiger partial charge in [0.25, 0.3) is 0 Å². The van der Waals surface area contributed by atoms with Crippen molar-refractivity contribution in [1.82, 2.24) is 9.78 Å². The average Bonchev–Trinajstić information content (AvgIpc) is 2.67. The summed E-state index contributed by atoms with van der Waals surface area (Å²) in [7, 11) is 0. The molecule has 2 rings (SSSR count). The Hall–Kier alpha value is -0.720.